The summed E-state index contributed by atoms with van der Waals surface area (Å²) in [6, 6.07) is 18.3. The van der Waals surface area contributed by atoms with Crippen LogP contribution < -0.4 is 0 Å². The topological polar surface area (TPSA) is 0 Å². The smallest absolute Gasteiger partial charge is 0.00238 e. The van der Waals surface area contributed by atoms with Crippen LogP contribution in [0.25, 0.3) is 32.3 Å². The van der Waals surface area contributed by atoms with Gasteiger partial charge in [-0.15, -0.1) is 0 Å². The van der Waals surface area contributed by atoms with Gasteiger partial charge in [0, 0.05) is 0 Å². The van der Waals surface area contributed by atoms with Crippen molar-refractivity contribution in [1.29, 1.82) is 0 Å². The molecule has 0 aromatic heterocycles. The Labute approximate surface area is 125 Å². The van der Waals surface area contributed by atoms with E-state index in [0.29, 0.717) is 5.92 Å². The molecule has 0 bridgehead atoms. The minimum absolute atomic E-state index is 0.556. The van der Waals surface area contributed by atoms with Gasteiger partial charge in [0.25, 0.3) is 0 Å². The Morgan fingerprint density at radius 2 is 1.29 bits per heavy atom. The second-order valence-corrected chi connectivity index (χ2v) is 6.31. The van der Waals surface area contributed by atoms with E-state index in [9.17, 15) is 0 Å². The molecule has 0 saturated carbocycles. The van der Waals surface area contributed by atoms with Gasteiger partial charge >= 0.3 is 0 Å². The van der Waals surface area contributed by atoms with Crippen LogP contribution in [0.5, 0.6) is 0 Å². The molecule has 0 heteroatoms. The van der Waals surface area contributed by atoms with Crippen LogP contribution in [0, 0.1) is 0 Å². The molecule has 21 heavy (non-hydrogen) atoms. The molecule has 0 saturated heterocycles. The third kappa shape index (κ3) is 1.68. The highest BCUT2D eigenvalue weighted by molar-refractivity contribution is 6.24. The SMILES string of the molecule is CCc1ccc2ccc3c(C(C)C)ccc4ccc1c2c43. The molecule has 0 aliphatic carbocycles. The maximum Gasteiger partial charge on any atom is -0.00238 e. The molecule has 0 aliphatic heterocycles. The Morgan fingerprint density at radius 1 is 0.714 bits per heavy atom. The van der Waals surface area contributed by atoms with Crippen molar-refractivity contribution in [3.05, 3.63) is 59.7 Å². The van der Waals surface area contributed by atoms with Gasteiger partial charge in [-0.1, -0.05) is 69.3 Å². The summed E-state index contributed by atoms with van der Waals surface area (Å²) >= 11 is 0. The highest BCUT2D eigenvalue weighted by Gasteiger charge is 2.13. The molecule has 0 spiro atoms. The lowest BCUT2D eigenvalue weighted by Crippen LogP contribution is -1.93. The second-order valence-electron chi connectivity index (χ2n) is 6.31. The predicted octanol–water partition coefficient (Wildman–Crippen LogP) is 6.27. The minimum atomic E-state index is 0.556. The fourth-order valence-electron chi connectivity index (χ4n) is 3.70. The summed E-state index contributed by atoms with van der Waals surface area (Å²) in [5.74, 6) is 0.556. The third-order valence-electron chi connectivity index (χ3n) is 4.79. The van der Waals surface area contributed by atoms with E-state index in [-0.39, 0.29) is 0 Å². The first-order valence-electron chi connectivity index (χ1n) is 7.90. The maximum absolute atomic E-state index is 2.31. The molecule has 0 nitrogen and oxygen atoms in total. The van der Waals surface area contributed by atoms with Crippen LogP contribution in [0.4, 0.5) is 0 Å². The van der Waals surface area contributed by atoms with Crippen LogP contribution in [-0.4, -0.2) is 0 Å². The molecule has 0 amide bonds. The van der Waals surface area contributed by atoms with Gasteiger partial charge in [0.2, 0.25) is 0 Å². The standard InChI is InChI=1S/C21H20/c1-4-14-5-6-15-9-12-19-17(13(2)3)10-7-16-8-11-18(14)20(15)21(16)19/h5-13H,4H2,1-3H3. The van der Waals surface area contributed by atoms with E-state index in [0.717, 1.165) is 6.42 Å². The molecule has 0 unspecified atom stereocenters. The van der Waals surface area contributed by atoms with Crippen LogP contribution in [0.1, 0.15) is 37.8 Å². The van der Waals surface area contributed by atoms with Gasteiger partial charge in [0.05, 0.1) is 0 Å². The van der Waals surface area contributed by atoms with Crippen molar-refractivity contribution in [3.63, 3.8) is 0 Å². The zero-order chi connectivity index (χ0) is 14.6. The number of aryl methyl sites for hydroxylation is 1. The fourth-order valence-corrected chi connectivity index (χ4v) is 3.70. The van der Waals surface area contributed by atoms with Gasteiger partial charge in [0.1, 0.15) is 0 Å². The van der Waals surface area contributed by atoms with Crippen molar-refractivity contribution in [1.82, 2.24) is 0 Å². The highest BCUT2D eigenvalue weighted by Crippen LogP contribution is 2.38. The van der Waals surface area contributed by atoms with Crippen LogP contribution in [0.15, 0.2) is 48.5 Å². The van der Waals surface area contributed by atoms with Crippen molar-refractivity contribution < 1.29 is 0 Å². The molecule has 0 fully saturated rings. The molecule has 4 rings (SSSR count). The monoisotopic (exact) mass is 272 g/mol. The van der Waals surface area contributed by atoms with Crippen LogP contribution >= 0.6 is 0 Å². The lowest BCUT2D eigenvalue weighted by molar-refractivity contribution is 0.877. The molecule has 0 radical (unpaired) electrons. The van der Waals surface area contributed by atoms with Crippen molar-refractivity contribution in [2.75, 3.05) is 0 Å². The average molecular weight is 272 g/mol. The van der Waals surface area contributed by atoms with E-state index in [1.807, 2.05) is 0 Å². The van der Waals surface area contributed by atoms with E-state index in [4.69, 9.17) is 0 Å². The maximum atomic E-state index is 2.31. The summed E-state index contributed by atoms with van der Waals surface area (Å²) in [6.07, 6.45) is 1.09. The quantitative estimate of drug-likeness (QED) is 0.377. The van der Waals surface area contributed by atoms with Crippen LogP contribution in [0.3, 0.4) is 0 Å². The lowest BCUT2D eigenvalue weighted by Gasteiger charge is -2.17. The third-order valence-corrected chi connectivity index (χ3v) is 4.79. The van der Waals surface area contributed by atoms with Crippen LogP contribution in [-0.2, 0) is 6.42 Å². The summed E-state index contributed by atoms with van der Waals surface area (Å²) in [4.78, 5) is 0. The van der Waals surface area contributed by atoms with Gasteiger partial charge < -0.3 is 0 Å². The summed E-state index contributed by atoms with van der Waals surface area (Å²) in [5, 5.41) is 8.48. The van der Waals surface area contributed by atoms with Gasteiger partial charge in [-0.3, -0.25) is 0 Å². The van der Waals surface area contributed by atoms with Gasteiger partial charge in [-0.25, -0.2) is 0 Å². The first-order valence-corrected chi connectivity index (χ1v) is 7.90. The van der Waals surface area contributed by atoms with E-state index in [2.05, 4.69) is 69.3 Å². The second kappa shape index (κ2) is 4.46. The Bertz CT molecular complexity index is 944. The Kier molecular flexibility index (Phi) is 2.68. The molecule has 104 valence electrons. The van der Waals surface area contributed by atoms with Crippen molar-refractivity contribution in [2.24, 2.45) is 0 Å². The van der Waals surface area contributed by atoms with Crippen molar-refractivity contribution >= 4 is 32.3 Å². The minimum Gasteiger partial charge on any atom is -0.0613 e. The summed E-state index contributed by atoms with van der Waals surface area (Å²) in [7, 11) is 0. The van der Waals surface area contributed by atoms with E-state index < -0.39 is 0 Å². The zero-order valence-electron chi connectivity index (χ0n) is 12.9. The van der Waals surface area contributed by atoms with Gasteiger partial charge in [-0.2, -0.15) is 0 Å². The van der Waals surface area contributed by atoms with E-state index in [1.165, 1.54) is 43.4 Å². The molecule has 4 aromatic rings. The summed E-state index contributed by atoms with van der Waals surface area (Å²) < 4.78 is 0. The summed E-state index contributed by atoms with van der Waals surface area (Å²) in [6.45, 7) is 6.80. The normalized spacial score (nSPS) is 12.2. The van der Waals surface area contributed by atoms with Crippen molar-refractivity contribution in [3.8, 4) is 0 Å². The molecular weight excluding hydrogens is 252 g/mol. The van der Waals surface area contributed by atoms with Crippen molar-refractivity contribution in [2.45, 2.75) is 33.1 Å². The average Bonchev–Trinajstić information content (AvgIpc) is 2.51. The number of benzene rings is 4. The molecule has 0 N–H and O–H groups in total. The largest absolute Gasteiger partial charge is 0.0613 e. The lowest BCUT2D eigenvalue weighted by atomic mass is 9.87. The number of hydrogen-bond donors (Lipinski definition) is 0. The molecular formula is C21H20. The number of rotatable bonds is 2. The Morgan fingerprint density at radius 3 is 1.95 bits per heavy atom. The fraction of sp³-hybridized carbons (Fsp3) is 0.238. The Balaban J connectivity index is 2.30. The molecule has 0 heterocycles. The zero-order valence-corrected chi connectivity index (χ0v) is 12.9. The molecule has 0 atom stereocenters. The van der Waals surface area contributed by atoms with Gasteiger partial charge in [-0.05, 0) is 55.8 Å². The van der Waals surface area contributed by atoms with Gasteiger partial charge in [0.15, 0.2) is 0 Å². The predicted molar refractivity (Wildman–Crippen MR) is 93.6 cm³/mol. The van der Waals surface area contributed by atoms with Crippen LogP contribution in [0.2, 0.25) is 0 Å². The summed E-state index contributed by atoms with van der Waals surface area (Å²) in [5.41, 5.74) is 2.91. The number of hydrogen-bond acceptors (Lipinski definition) is 0. The van der Waals surface area contributed by atoms with E-state index in [1.54, 1.807) is 0 Å². The highest BCUT2D eigenvalue weighted by atomic mass is 14.2. The van der Waals surface area contributed by atoms with E-state index >= 15 is 0 Å². The molecule has 0 aliphatic rings. The first kappa shape index (κ1) is 12.6. The Hall–Kier alpha value is -2.08. The molecule has 4 aromatic carbocycles. The first-order chi connectivity index (χ1) is 10.2.